The summed E-state index contributed by atoms with van der Waals surface area (Å²) in [5, 5.41) is 0.682. The first kappa shape index (κ1) is 18.4. The Morgan fingerprint density at radius 3 is 2.48 bits per heavy atom. The van der Waals surface area contributed by atoms with E-state index in [1.165, 1.54) is 5.56 Å². The number of ether oxygens (including phenoxy) is 1. The Bertz CT molecular complexity index is 1040. The number of carbonyl (C=O) groups excluding carboxylic acids is 1. The van der Waals surface area contributed by atoms with E-state index in [4.69, 9.17) is 16.3 Å². The van der Waals surface area contributed by atoms with E-state index in [-0.39, 0.29) is 5.91 Å². The molecule has 2 aliphatic rings. The van der Waals surface area contributed by atoms with E-state index < -0.39 is 11.6 Å². The summed E-state index contributed by atoms with van der Waals surface area (Å²) in [6, 6.07) is 26.3. The normalized spacial score (nSPS) is 23.0. The summed E-state index contributed by atoms with van der Waals surface area (Å²) in [6.45, 7) is 1.11. The topological polar surface area (TPSA) is 29.5 Å². The average Bonchev–Trinajstić information content (AvgIpc) is 2.90. The highest BCUT2D eigenvalue weighted by molar-refractivity contribution is 6.30. The number of carbonyl (C=O) groups is 1. The second-order valence-electron chi connectivity index (χ2n) is 7.70. The van der Waals surface area contributed by atoms with Gasteiger partial charge in [-0.1, -0.05) is 78.3 Å². The highest BCUT2D eigenvalue weighted by Gasteiger charge is 2.64. The van der Waals surface area contributed by atoms with Crippen LogP contribution in [0.1, 0.15) is 28.7 Å². The minimum Gasteiger partial charge on any atom is -0.360 e. The molecule has 3 aromatic rings. The van der Waals surface area contributed by atoms with Gasteiger partial charge in [-0.05, 0) is 47.2 Å². The van der Waals surface area contributed by atoms with Crippen LogP contribution in [0.4, 0.5) is 0 Å². The summed E-state index contributed by atoms with van der Waals surface area (Å²) in [7, 11) is 0. The van der Waals surface area contributed by atoms with Gasteiger partial charge in [-0.3, -0.25) is 4.79 Å². The molecule has 2 unspecified atom stereocenters. The number of β-lactam (4-membered cyclic amide) rings is 1. The minimum atomic E-state index is -0.635. The van der Waals surface area contributed by atoms with Crippen LogP contribution in [0.25, 0.3) is 0 Å². The molecule has 2 heterocycles. The van der Waals surface area contributed by atoms with Crippen LogP contribution in [0.15, 0.2) is 78.9 Å². The molecular weight excluding hydrogens is 382 g/mol. The van der Waals surface area contributed by atoms with Crippen molar-refractivity contribution in [2.45, 2.75) is 31.1 Å². The molecular formula is C25H22ClNO2. The summed E-state index contributed by atoms with van der Waals surface area (Å²) in [4.78, 5) is 15.2. The van der Waals surface area contributed by atoms with Gasteiger partial charge in [0, 0.05) is 11.6 Å². The van der Waals surface area contributed by atoms with Crippen molar-refractivity contribution in [3.8, 4) is 0 Å². The smallest absolute Gasteiger partial charge is 0.256 e. The van der Waals surface area contributed by atoms with Gasteiger partial charge in [-0.15, -0.1) is 0 Å². The van der Waals surface area contributed by atoms with Crippen LogP contribution in [-0.2, 0) is 28.1 Å². The fourth-order valence-electron chi connectivity index (χ4n) is 4.79. The highest BCUT2D eigenvalue weighted by Crippen LogP contribution is 2.52. The molecule has 0 aliphatic carbocycles. The molecule has 0 spiro atoms. The average molecular weight is 404 g/mol. The monoisotopic (exact) mass is 403 g/mol. The number of fused-ring (bicyclic) bond motifs is 3. The first-order valence-electron chi connectivity index (χ1n) is 10.0. The quantitative estimate of drug-likeness (QED) is 0.576. The molecule has 5 rings (SSSR count). The van der Waals surface area contributed by atoms with Crippen molar-refractivity contribution < 1.29 is 9.53 Å². The lowest BCUT2D eigenvalue weighted by Gasteiger charge is -2.57. The molecule has 3 aromatic carbocycles. The molecule has 0 bridgehead atoms. The van der Waals surface area contributed by atoms with E-state index in [0.29, 0.717) is 18.2 Å². The molecule has 1 saturated heterocycles. The van der Waals surface area contributed by atoms with E-state index in [1.54, 1.807) is 0 Å². The third-order valence-corrected chi connectivity index (χ3v) is 6.31. The van der Waals surface area contributed by atoms with E-state index >= 15 is 0 Å². The van der Waals surface area contributed by atoms with E-state index in [2.05, 4.69) is 18.2 Å². The maximum atomic E-state index is 13.2. The van der Waals surface area contributed by atoms with Crippen molar-refractivity contribution in [1.29, 1.82) is 0 Å². The second-order valence-corrected chi connectivity index (χ2v) is 8.14. The molecule has 146 valence electrons. The third kappa shape index (κ3) is 2.88. The summed E-state index contributed by atoms with van der Waals surface area (Å²) < 4.78 is 6.32. The Balaban J connectivity index is 1.64. The number of nitrogens with zero attached hydrogens (tertiary/aromatic N) is 1. The molecule has 2 atom stereocenters. The molecule has 1 amide bonds. The van der Waals surface area contributed by atoms with Gasteiger partial charge in [0.2, 0.25) is 0 Å². The van der Waals surface area contributed by atoms with E-state index in [1.807, 2.05) is 65.6 Å². The predicted octanol–water partition coefficient (Wildman–Crippen LogP) is 4.96. The fraction of sp³-hybridized carbons (Fsp3) is 0.240. The van der Waals surface area contributed by atoms with Crippen LogP contribution in [0.3, 0.4) is 0 Å². The lowest BCUT2D eigenvalue weighted by atomic mass is 9.69. The first-order valence-corrected chi connectivity index (χ1v) is 10.4. The lowest BCUT2D eigenvalue weighted by molar-refractivity contribution is -0.191. The number of rotatable bonds is 4. The number of halogens is 1. The SMILES string of the molecule is O=C1C(OCc2ccccc2)C2(c3ccccc3)c3cc(Cl)ccc3CCCN12. The van der Waals surface area contributed by atoms with Crippen molar-refractivity contribution in [1.82, 2.24) is 4.90 Å². The van der Waals surface area contributed by atoms with Gasteiger partial charge in [0.25, 0.3) is 5.91 Å². The first-order chi connectivity index (χ1) is 14.2. The van der Waals surface area contributed by atoms with E-state index in [9.17, 15) is 4.79 Å². The van der Waals surface area contributed by atoms with Gasteiger partial charge in [0.1, 0.15) is 5.54 Å². The van der Waals surface area contributed by atoms with Gasteiger partial charge >= 0.3 is 0 Å². The third-order valence-electron chi connectivity index (χ3n) is 6.08. The molecule has 0 radical (unpaired) electrons. The van der Waals surface area contributed by atoms with Crippen molar-refractivity contribution in [2.75, 3.05) is 6.54 Å². The zero-order valence-electron chi connectivity index (χ0n) is 16.1. The summed E-state index contributed by atoms with van der Waals surface area (Å²) in [5.41, 5.74) is 3.82. The number of hydrogen-bond donors (Lipinski definition) is 0. The minimum absolute atomic E-state index is 0.0533. The maximum Gasteiger partial charge on any atom is 0.256 e. The predicted molar refractivity (Wildman–Crippen MR) is 114 cm³/mol. The van der Waals surface area contributed by atoms with Crippen LogP contribution in [0.2, 0.25) is 5.02 Å². The number of benzene rings is 3. The molecule has 2 aliphatic heterocycles. The lowest BCUT2D eigenvalue weighted by Crippen LogP contribution is -2.73. The van der Waals surface area contributed by atoms with Crippen molar-refractivity contribution in [2.24, 2.45) is 0 Å². The van der Waals surface area contributed by atoms with Gasteiger partial charge in [0.05, 0.1) is 6.61 Å². The molecule has 29 heavy (non-hydrogen) atoms. The fourth-order valence-corrected chi connectivity index (χ4v) is 4.96. The van der Waals surface area contributed by atoms with Crippen LogP contribution in [-0.4, -0.2) is 23.5 Å². The van der Waals surface area contributed by atoms with Gasteiger partial charge in [-0.2, -0.15) is 0 Å². The number of hydrogen-bond acceptors (Lipinski definition) is 2. The Morgan fingerprint density at radius 1 is 1.00 bits per heavy atom. The largest absolute Gasteiger partial charge is 0.360 e. The molecule has 4 heteroatoms. The molecule has 0 saturated carbocycles. The van der Waals surface area contributed by atoms with Crippen LogP contribution in [0.5, 0.6) is 0 Å². The number of amides is 1. The van der Waals surface area contributed by atoms with Crippen LogP contribution in [0, 0.1) is 0 Å². The van der Waals surface area contributed by atoms with Gasteiger partial charge in [-0.25, -0.2) is 0 Å². The maximum absolute atomic E-state index is 13.2. The van der Waals surface area contributed by atoms with Crippen LogP contribution < -0.4 is 0 Å². The van der Waals surface area contributed by atoms with Crippen molar-refractivity contribution in [3.63, 3.8) is 0 Å². The summed E-state index contributed by atoms with van der Waals surface area (Å²) in [5.74, 6) is 0.0533. The van der Waals surface area contributed by atoms with Crippen molar-refractivity contribution >= 4 is 17.5 Å². The second kappa shape index (κ2) is 7.33. The highest BCUT2D eigenvalue weighted by atomic mass is 35.5. The Morgan fingerprint density at radius 2 is 1.72 bits per heavy atom. The zero-order valence-corrected chi connectivity index (χ0v) is 16.8. The summed E-state index contributed by atoms with van der Waals surface area (Å²) in [6.07, 6.45) is 1.29. The number of aryl methyl sites for hydroxylation is 1. The van der Waals surface area contributed by atoms with Crippen molar-refractivity contribution in [3.05, 3.63) is 106 Å². The van der Waals surface area contributed by atoms with Crippen LogP contribution >= 0.6 is 11.6 Å². The Hall–Kier alpha value is -2.62. The van der Waals surface area contributed by atoms with Gasteiger partial charge < -0.3 is 9.64 Å². The molecule has 0 aromatic heterocycles. The zero-order chi connectivity index (χ0) is 19.8. The summed E-state index contributed by atoms with van der Waals surface area (Å²) >= 11 is 6.43. The Labute approximate surface area is 175 Å². The van der Waals surface area contributed by atoms with Gasteiger partial charge in [0.15, 0.2) is 6.10 Å². The van der Waals surface area contributed by atoms with E-state index in [0.717, 1.165) is 29.5 Å². The molecule has 1 fully saturated rings. The molecule has 0 N–H and O–H groups in total. The Kier molecular flexibility index (Phi) is 4.65. The molecule has 3 nitrogen and oxygen atoms in total. The standard InChI is InChI=1S/C25H22ClNO2/c26-21-14-13-19-10-7-15-27-24(28)23(29-17-18-8-3-1-4-9-18)25(27,22(19)16-21)20-11-5-2-6-12-20/h1-6,8-9,11-14,16,23H,7,10,15,17H2.